The number of aromatic nitrogens is 1. The lowest BCUT2D eigenvalue weighted by atomic mass is 9.91. The number of nitrogens with zero attached hydrogens (tertiary/aromatic N) is 1. The molecule has 2 fully saturated rings. The van der Waals surface area contributed by atoms with E-state index in [-0.39, 0.29) is 34.6 Å². The zero-order valence-corrected chi connectivity index (χ0v) is 21.7. The number of rotatable bonds is 6. The van der Waals surface area contributed by atoms with Crippen LogP contribution in [0.3, 0.4) is 0 Å². The van der Waals surface area contributed by atoms with Gasteiger partial charge in [-0.3, -0.25) is 9.59 Å². The highest BCUT2D eigenvalue weighted by Crippen LogP contribution is 2.77. The molecule has 40 heavy (non-hydrogen) atoms. The van der Waals surface area contributed by atoms with Gasteiger partial charge in [0.1, 0.15) is 23.1 Å². The van der Waals surface area contributed by atoms with Crippen LogP contribution in [0.25, 0.3) is 0 Å². The number of aromatic hydroxyl groups is 1. The minimum absolute atomic E-state index is 0.0356. The number of alkyl halides is 3. The molecule has 1 aliphatic heterocycles. The van der Waals surface area contributed by atoms with Crippen LogP contribution in [0, 0.1) is 5.92 Å². The molecule has 3 aromatic rings. The normalized spacial score (nSPS) is 23.0. The molecule has 0 unspecified atom stereocenters. The summed E-state index contributed by atoms with van der Waals surface area (Å²) in [6.45, 7) is 3.15. The van der Waals surface area contributed by atoms with Crippen molar-refractivity contribution in [3.8, 4) is 17.2 Å². The highest BCUT2D eigenvalue weighted by atomic mass is 19.4. The van der Waals surface area contributed by atoms with Crippen molar-refractivity contribution in [2.24, 2.45) is 11.7 Å². The molecule has 0 radical (unpaired) electrons. The first-order valence-electron chi connectivity index (χ1n) is 12.9. The van der Waals surface area contributed by atoms with Gasteiger partial charge < -0.3 is 26.2 Å². The van der Waals surface area contributed by atoms with Crippen molar-refractivity contribution in [3.05, 3.63) is 76.5 Å². The van der Waals surface area contributed by atoms with E-state index in [0.29, 0.717) is 42.1 Å². The highest BCUT2D eigenvalue weighted by molar-refractivity contribution is 5.96. The van der Waals surface area contributed by atoms with E-state index in [2.05, 4.69) is 15.6 Å². The zero-order chi connectivity index (χ0) is 28.6. The Morgan fingerprint density at radius 1 is 1.15 bits per heavy atom. The first-order valence-corrected chi connectivity index (χ1v) is 12.9. The summed E-state index contributed by atoms with van der Waals surface area (Å²) in [5.74, 6) is 0.588. The molecule has 0 spiro atoms. The number of carbonyl (C=O) groups excluding carboxylic acids is 2. The van der Waals surface area contributed by atoms with Crippen LogP contribution in [0.4, 0.5) is 19.0 Å². The number of fused-ring (bicyclic) bond motifs is 2. The highest BCUT2D eigenvalue weighted by Gasteiger charge is 2.80. The number of amides is 2. The van der Waals surface area contributed by atoms with E-state index in [1.54, 1.807) is 32.0 Å². The predicted molar refractivity (Wildman–Crippen MR) is 139 cm³/mol. The fourth-order valence-corrected chi connectivity index (χ4v) is 5.53. The number of halogens is 3. The van der Waals surface area contributed by atoms with Gasteiger partial charge in [-0.25, -0.2) is 4.98 Å². The van der Waals surface area contributed by atoms with Crippen LogP contribution in [0.2, 0.25) is 0 Å². The summed E-state index contributed by atoms with van der Waals surface area (Å²) in [6, 6.07) is 9.71. The Morgan fingerprint density at radius 2 is 1.90 bits per heavy atom. The molecule has 2 heterocycles. The van der Waals surface area contributed by atoms with Gasteiger partial charge in [0.2, 0.25) is 5.91 Å². The Morgan fingerprint density at radius 3 is 2.60 bits per heavy atom. The van der Waals surface area contributed by atoms with E-state index in [1.165, 1.54) is 18.3 Å². The number of hydrogen-bond acceptors (Lipinski definition) is 6. The van der Waals surface area contributed by atoms with Crippen LogP contribution >= 0.6 is 0 Å². The van der Waals surface area contributed by atoms with E-state index in [9.17, 15) is 27.9 Å². The van der Waals surface area contributed by atoms with Crippen molar-refractivity contribution >= 4 is 17.6 Å². The second-order valence-corrected chi connectivity index (χ2v) is 11.3. The molecule has 2 amide bonds. The third-order valence-electron chi connectivity index (χ3n) is 7.95. The molecule has 5 N–H and O–H groups in total. The molecule has 208 valence electrons. The summed E-state index contributed by atoms with van der Waals surface area (Å²) in [5.41, 5.74) is 4.83. The summed E-state index contributed by atoms with van der Waals surface area (Å²) < 4.78 is 46.8. The largest absolute Gasteiger partial charge is 0.508 e. The summed E-state index contributed by atoms with van der Waals surface area (Å²) in [7, 11) is 0. The maximum Gasteiger partial charge on any atom is 0.416 e. The molecule has 2 saturated carbocycles. The number of phenols is 1. The van der Waals surface area contributed by atoms with Gasteiger partial charge in [0.05, 0.1) is 11.1 Å². The summed E-state index contributed by atoms with van der Waals surface area (Å²) in [6.07, 6.45) is -1.65. The Kier molecular flexibility index (Phi) is 5.67. The van der Waals surface area contributed by atoms with Gasteiger partial charge in [-0.1, -0.05) is 0 Å². The molecular weight excluding hydrogens is 525 g/mol. The standard InChI is InChI=1S/C29H27F3N4O4/c1-27(2,33)15-9-14(10-16(11-15)29(30,31)32)26(39)36-28-13-20(28)24(28)19-12-17(3-5-21(19)37)40-22-7-8-34-25-18(22)4-6-23(38)35-25/h3,5,7-12,20,24,37H,4,6,13,33H2,1-2H3,(H,36,39)(H,34,35,38)/t20-,24+,28-/m0/s1. The number of nitrogens with two attached hydrogens (primary N) is 1. The molecular formula is C29H27F3N4O4. The molecule has 1 aromatic heterocycles. The van der Waals surface area contributed by atoms with Crippen LogP contribution in [0.1, 0.15) is 65.2 Å². The first kappa shape index (κ1) is 26.1. The lowest BCUT2D eigenvalue weighted by molar-refractivity contribution is -0.137. The van der Waals surface area contributed by atoms with Gasteiger partial charge in [-0.2, -0.15) is 13.2 Å². The average Bonchev–Trinajstić information content (AvgIpc) is 3.74. The average molecular weight is 553 g/mol. The molecule has 8 nitrogen and oxygen atoms in total. The fourth-order valence-electron chi connectivity index (χ4n) is 5.53. The Labute approximate surface area is 227 Å². The Balaban J connectivity index is 1.23. The molecule has 11 heteroatoms. The van der Waals surface area contributed by atoms with Gasteiger partial charge in [-0.05, 0) is 80.6 Å². The summed E-state index contributed by atoms with van der Waals surface area (Å²) >= 11 is 0. The second-order valence-electron chi connectivity index (χ2n) is 11.3. The van der Waals surface area contributed by atoms with E-state index in [1.807, 2.05) is 0 Å². The van der Waals surface area contributed by atoms with Crippen LogP contribution in [0.15, 0.2) is 48.7 Å². The maximum absolute atomic E-state index is 13.6. The lowest BCUT2D eigenvalue weighted by Gasteiger charge is -2.22. The molecule has 0 bridgehead atoms. The number of ether oxygens (including phenoxy) is 1. The van der Waals surface area contributed by atoms with Crippen molar-refractivity contribution in [2.75, 3.05) is 5.32 Å². The Bertz CT molecular complexity index is 1530. The van der Waals surface area contributed by atoms with Crippen molar-refractivity contribution < 1.29 is 32.6 Å². The topological polar surface area (TPSA) is 127 Å². The van der Waals surface area contributed by atoms with Gasteiger partial charge in [0.15, 0.2) is 0 Å². The van der Waals surface area contributed by atoms with E-state index >= 15 is 0 Å². The number of phenolic OH excluding ortho intramolecular Hbond substituents is 1. The Hall–Kier alpha value is -4.12. The van der Waals surface area contributed by atoms with Gasteiger partial charge >= 0.3 is 6.18 Å². The minimum Gasteiger partial charge on any atom is -0.508 e. The van der Waals surface area contributed by atoms with Crippen LogP contribution < -0.4 is 21.1 Å². The van der Waals surface area contributed by atoms with E-state index in [0.717, 1.165) is 17.7 Å². The van der Waals surface area contributed by atoms with Crippen LogP contribution in [-0.2, 0) is 22.9 Å². The van der Waals surface area contributed by atoms with Gasteiger partial charge in [-0.15, -0.1) is 0 Å². The fraction of sp³-hybridized carbons (Fsp3) is 0.345. The quantitative estimate of drug-likeness (QED) is 0.342. The minimum atomic E-state index is -4.63. The number of anilines is 1. The number of carbonyl (C=O) groups is 2. The smallest absolute Gasteiger partial charge is 0.416 e. The number of benzene rings is 2. The van der Waals surface area contributed by atoms with E-state index < -0.39 is 28.7 Å². The molecule has 6 rings (SSSR count). The number of nitrogens with one attached hydrogen (secondary N) is 2. The molecule has 3 atom stereocenters. The van der Waals surface area contributed by atoms with Crippen molar-refractivity contribution in [2.45, 2.75) is 56.3 Å². The first-order chi connectivity index (χ1) is 18.8. The SMILES string of the molecule is CC(C)(N)c1cc(C(=O)N[C@@]23C[C@H]2[C@H]3c2cc(Oc3ccnc4c3CCC(=O)N4)ccc2O)cc(C(F)(F)F)c1. The maximum atomic E-state index is 13.6. The zero-order valence-electron chi connectivity index (χ0n) is 21.7. The van der Waals surface area contributed by atoms with Crippen LogP contribution in [0.5, 0.6) is 17.2 Å². The third-order valence-corrected chi connectivity index (χ3v) is 7.95. The van der Waals surface area contributed by atoms with Crippen molar-refractivity contribution in [1.82, 2.24) is 10.3 Å². The van der Waals surface area contributed by atoms with Gasteiger partial charge in [0, 0.05) is 40.8 Å². The summed E-state index contributed by atoms with van der Waals surface area (Å²) in [4.78, 5) is 29.1. The number of hydrogen-bond donors (Lipinski definition) is 4. The molecule has 3 aliphatic rings. The third kappa shape index (κ3) is 4.53. The van der Waals surface area contributed by atoms with Crippen molar-refractivity contribution in [1.29, 1.82) is 0 Å². The predicted octanol–water partition coefficient (Wildman–Crippen LogP) is 4.96. The molecule has 2 aromatic carbocycles. The van der Waals surface area contributed by atoms with Gasteiger partial charge in [0.25, 0.3) is 5.91 Å². The summed E-state index contributed by atoms with van der Waals surface area (Å²) in [5, 5.41) is 16.3. The number of pyridine rings is 1. The van der Waals surface area contributed by atoms with E-state index in [4.69, 9.17) is 10.5 Å². The lowest BCUT2D eigenvalue weighted by Crippen LogP contribution is -2.34. The molecule has 0 saturated heterocycles. The van der Waals surface area contributed by atoms with Crippen LogP contribution in [-0.4, -0.2) is 27.4 Å². The molecule has 2 aliphatic carbocycles. The second kappa shape index (κ2) is 8.69. The monoisotopic (exact) mass is 552 g/mol. The van der Waals surface area contributed by atoms with Crippen molar-refractivity contribution in [3.63, 3.8) is 0 Å².